The zero-order valence-electron chi connectivity index (χ0n) is 12.2. The van der Waals surface area contributed by atoms with Gasteiger partial charge < -0.3 is 4.74 Å². The first-order valence-electron chi connectivity index (χ1n) is 7.33. The van der Waals surface area contributed by atoms with Crippen molar-refractivity contribution in [1.82, 2.24) is 4.98 Å². The van der Waals surface area contributed by atoms with Crippen molar-refractivity contribution in [2.45, 2.75) is 32.1 Å². The van der Waals surface area contributed by atoms with E-state index in [2.05, 4.69) is 42.2 Å². The maximum atomic E-state index is 5.33. The van der Waals surface area contributed by atoms with Gasteiger partial charge in [0.05, 0.1) is 7.11 Å². The predicted molar refractivity (Wildman–Crippen MR) is 81.2 cm³/mol. The number of benzene rings is 1. The van der Waals surface area contributed by atoms with Gasteiger partial charge in [-0.2, -0.15) is 0 Å². The molecule has 0 aliphatic heterocycles. The van der Waals surface area contributed by atoms with Crippen molar-refractivity contribution in [3.8, 4) is 5.75 Å². The summed E-state index contributed by atoms with van der Waals surface area (Å²) in [5.74, 6) is 2.31. The fraction of sp³-hybridized carbons (Fsp3) is 0.389. The second-order valence-corrected chi connectivity index (χ2v) is 5.71. The molecular formula is C18H21NO. The highest BCUT2D eigenvalue weighted by Gasteiger charge is 2.26. The largest absolute Gasteiger partial charge is 0.497 e. The van der Waals surface area contributed by atoms with Crippen LogP contribution >= 0.6 is 0 Å². The summed E-state index contributed by atoms with van der Waals surface area (Å²) in [7, 11) is 1.74. The summed E-state index contributed by atoms with van der Waals surface area (Å²) in [4.78, 5) is 4.10. The third-order valence-electron chi connectivity index (χ3n) is 4.58. The predicted octanol–water partition coefficient (Wildman–Crippen LogP) is 4.00. The minimum atomic E-state index is 0.609. The number of aryl methyl sites for hydroxylation is 1. The minimum Gasteiger partial charge on any atom is -0.497 e. The van der Waals surface area contributed by atoms with Gasteiger partial charge in [0.15, 0.2) is 0 Å². The molecule has 3 rings (SSSR count). The summed E-state index contributed by atoms with van der Waals surface area (Å²) in [6.07, 6.45) is 7.34. The van der Waals surface area contributed by atoms with Gasteiger partial charge in [-0.3, -0.25) is 4.98 Å². The molecular weight excluding hydrogens is 246 g/mol. The highest BCUT2D eigenvalue weighted by Crippen LogP contribution is 2.38. The Morgan fingerprint density at radius 3 is 2.75 bits per heavy atom. The smallest absolute Gasteiger partial charge is 0.119 e. The van der Waals surface area contributed by atoms with Crippen molar-refractivity contribution >= 4 is 0 Å². The molecule has 1 aliphatic rings. The van der Waals surface area contributed by atoms with Crippen molar-refractivity contribution in [1.29, 1.82) is 0 Å². The molecule has 0 fully saturated rings. The Kier molecular flexibility index (Phi) is 3.72. The Morgan fingerprint density at radius 2 is 2.00 bits per heavy atom. The first-order chi connectivity index (χ1) is 9.78. The Labute approximate surface area is 120 Å². The van der Waals surface area contributed by atoms with Crippen LogP contribution in [0.25, 0.3) is 0 Å². The van der Waals surface area contributed by atoms with Crippen molar-refractivity contribution in [3.05, 3.63) is 59.4 Å². The summed E-state index contributed by atoms with van der Waals surface area (Å²) in [5.41, 5.74) is 4.35. The number of aromatic nitrogens is 1. The van der Waals surface area contributed by atoms with Crippen LogP contribution in [0.15, 0.2) is 42.7 Å². The third-order valence-corrected chi connectivity index (χ3v) is 4.58. The summed E-state index contributed by atoms with van der Waals surface area (Å²) in [6, 6.07) is 10.8. The van der Waals surface area contributed by atoms with Crippen molar-refractivity contribution < 1.29 is 4.74 Å². The Bertz CT molecular complexity index is 579. The van der Waals surface area contributed by atoms with Gasteiger partial charge in [-0.1, -0.05) is 13.0 Å². The van der Waals surface area contributed by atoms with E-state index in [1.807, 2.05) is 12.4 Å². The van der Waals surface area contributed by atoms with Crippen molar-refractivity contribution in [3.63, 3.8) is 0 Å². The molecule has 0 spiro atoms. The molecule has 0 radical (unpaired) electrons. The minimum absolute atomic E-state index is 0.609. The maximum Gasteiger partial charge on any atom is 0.119 e. The van der Waals surface area contributed by atoms with Crippen LogP contribution in [-0.4, -0.2) is 12.1 Å². The summed E-state index contributed by atoms with van der Waals surface area (Å²) >= 11 is 0. The van der Waals surface area contributed by atoms with Crippen LogP contribution in [0.1, 0.15) is 36.0 Å². The zero-order chi connectivity index (χ0) is 13.9. The Hall–Kier alpha value is -1.83. The average Bonchev–Trinajstić information content (AvgIpc) is 2.51. The summed E-state index contributed by atoms with van der Waals surface area (Å²) in [5, 5.41) is 0. The molecule has 0 saturated heterocycles. The standard InChI is InChI=1S/C18H21NO/c1-13-15(11-14-7-9-19-10-8-14)3-4-16-12-17(20-2)5-6-18(13)16/h5-10,12-13,15H,3-4,11H2,1-2H3/t13-,15+/m0/s1. The van der Waals surface area contributed by atoms with E-state index >= 15 is 0 Å². The monoisotopic (exact) mass is 267 g/mol. The lowest BCUT2D eigenvalue weighted by molar-refractivity contribution is 0.383. The van der Waals surface area contributed by atoms with Crippen molar-refractivity contribution in [2.75, 3.05) is 7.11 Å². The number of methoxy groups -OCH3 is 1. The quantitative estimate of drug-likeness (QED) is 0.838. The Balaban J connectivity index is 1.80. The van der Waals surface area contributed by atoms with E-state index in [0.29, 0.717) is 5.92 Å². The van der Waals surface area contributed by atoms with E-state index in [0.717, 1.165) is 24.5 Å². The number of hydrogen-bond donors (Lipinski definition) is 0. The van der Waals surface area contributed by atoms with Gasteiger partial charge in [0, 0.05) is 12.4 Å². The molecule has 2 nitrogen and oxygen atoms in total. The topological polar surface area (TPSA) is 22.1 Å². The van der Waals surface area contributed by atoms with Gasteiger partial charge in [-0.05, 0) is 72.1 Å². The van der Waals surface area contributed by atoms with Crippen LogP contribution in [0.5, 0.6) is 5.75 Å². The Morgan fingerprint density at radius 1 is 1.20 bits per heavy atom. The highest BCUT2D eigenvalue weighted by atomic mass is 16.5. The number of hydrogen-bond acceptors (Lipinski definition) is 2. The summed E-state index contributed by atoms with van der Waals surface area (Å²) < 4.78 is 5.33. The zero-order valence-corrected chi connectivity index (χ0v) is 12.2. The van der Waals surface area contributed by atoms with E-state index < -0.39 is 0 Å². The van der Waals surface area contributed by atoms with Crippen molar-refractivity contribution in [2.24, 2.45) is 5.92 Å². The number of fused-ring (bicyclic) bond motifs is 1. The maximum absolute atomic E-state index is 5.33. The molecule has 1 heterocycles. The molecule has 0 N–H and O–H groups in total. The molecule has 2 heteroatoms. The molecule has 104 valence electrons. The number of nitrogens with zero attached hydrogens (tertiary/aromatic N) is 1. The van der Waals surface area contributed by atoms with Crippen LogP contribution < -0.4 is 4.74 Å². The van der Waals surface area contributed by atoms with E-state index in [1.165, 1.54) is 23.1 Å². The fourth-order valence-electron chi connectivity index (χ4n) is 3.32. The first-order valence-corrected chi connectivity index (χ1v) is 7.33. The molecule has 0 saturated carbocycles. The van der Waals surface area contributed by atoms with Crippen LogP contribution in [0.3, 0.4) is 0 Å². The van der Waals surface area contributed by atoms with Crippen LogP contribution in [0.2, 0.25) is 0 Å². The van der Waals surface area contributed by atoms with Gasteiger partial charge in [0.2, 0.25) is 0 Å². The molecule has 1 aliphatic carbocycles. The SMILES string of the molecule is COc1ccc2c(c1)CC[C@H](Cc1ccncc1)[C@@H]2C. The normalized spacial score (nSPS) is 21.3. The van der Waals surface area contributed by atoms with Gasteiger partial charge in [-0.25, -0.2) is 0 Å². The number of rotatable bonds is 3. The molecule has 20 heavy (non-hydrogen) atoms. The highest BCUT2D eigenvalue weighted by molar-refractivity contribution is 5.39. The average molecular weight is 267 g/mol. The van der Waals surface area contributed by atoms with Crippen LogP contribution in [0.4, 0.5) is 0 Å². The number of pyridine rings is 1. The van der Waals surface area contributed by atoms with E-state index in [1.54, 1.807) is 7.11 Å². The fourth-order valence-corrected chi connectivity index (χ4v) is 3.32. The van der Waals surface area contributed by atoms with Crippen LogP contribution in [-0.2, 0) is 12.8 Å². The number of ether oxygens (including phenoxy) is 1. The van der Waals surface area contributed by atoms with Crippen LogP contribution in [0, 0.1) is 5.92 Å². The van der Waals surface area contributed by atoms with Gasteiger partial charge >= 0.3 is 0 Å². The molecule has 0 unspecified atom stereocenters. The van der Waals surface area contributed by atoms with Gasteiger partial charge in [-0.15, -0.1) is 0 Å². The van der Waals surface area contributed by atoms with E-state index in [9.17, 15) is 0 Å². The molecule has 1 aromatic heterocycles. The van der Waals surface area contributed by atoms with E-state index in [4.69, 9.17) is 4.74 Å². The molecule has 0 bridgehead atoms. The van der Waals surface area contributed by atoms with Gasteiger partial charge in [0.25, 0.3) is 0 Å². The molecule has 2 aromatic rings. The second kappa shape index (κ2) is 5.66. The second-order valence-electron chi connectivity index (χ2n) is 5.71. The van der Waals surface area contributed by atoms with Gasteiger partial charge in [0.1, 0.15) is 5.75 Å². The summed E-state index contributed by atoms with van der Waals surface area (Å²) in [6.45, 7) is 2.36. The lowest BCUT2D eigenvalue weighted by Gasteiger charge is -2.31. The first kappa shape index (κ1) is 13.2. The third kappa shape index (κ3) is 2.55. The van der Waals surface area contributed by atoms with E-state index in [-0.39, 0.29) is 0 Å². The molecule has 2 atom stereocenters. The molecule has 1 aromatic carbocycles. The lowest BCUT2D eigenvalue weighted by atomic mass is 9.73. The molecule has 0 amide bonds. The lowest BCUT2D eigenvalue weighted by Crippen LogP contribution is -2.20.